The largest absolute Gasteiger partial charge is 0.490 e. The number of likely N-dealkylation sites (N-methyl/N-ethyl adjacent to an activating group) is 1. The van der Waals surface area contributed by atoms with Crippen LogP contribution in [0.2, 0.25) is 0 Å². The molecule has 2 aromatic heterocycles. The predicted molar refractivity (Wildman–Crippen MR) is 180 cm³/mol. The van der Waals surface area contributed by atoms with E-state index in [0.717, 1.165) is 72.4 Å². The monoisotopic (exact) mass is 663 g/mol. The molecule has 2 amide bonds. The van der Waals surface area contributed by atoms with Crippen LogP contribution in [-0.2, 0) is 18.5 Å². The second-order valence-corrected chi connectivity index (χ2v) is 13.1. The number of pyridine rings is 2. The molecule has 2 fully saturated rings. The van der Waals surface area contributed by atoms with Gasteiger partial charge in [0.05, 0.1) is 24.9 Å². The maximum atomic E-state index is 12.4. The third kappa shape index (κ3) is 9.07. The smallest absolute Gasteiger partial charge is 0.317 e. The van der Waals surface area contributed by atoms with Gasteiger partial charge >= 0.3 is 6.03 Å². The number of hydrogen-bond donors (Lipinski definition) is 7. The Labute approximate surface area is 281 Å². The molecule has 12 nitrogen and oxygen atoms in total. The summed E-state index contributed by atoms with van der Waals surface area (Å²) in [6, 6.07) is 14.1. The summed E-state index contributed by atoms with van der Waals surface area (Å²) in [6.45, 7) is 2.09. The van der Waals surface area contributed by atoms with Crippen molar-refractivity contribution in [3.05, 3.63) is 77.4 Å². The van der Waals surface area contributed by atoms with Gasteiger partial charge in [-0.15, -0.1) is 0 Å². The van der Waals surface area contributed by atoms with Gasteiger partial charge in [0.15, 0.2) is 0 Å². The molecule has 0 spiro atoms. The number of benzene rings is 1. The Balaban J connectivity index is 1.10. The SMILES string of the molecule is Cc1ccc(CCCCNC(=O)N(C)C[C@H](O)[C@@H](O)[C@H](O)[C@H](O)CO)nc1CNC1(c2cnccc2-c2ccccc2OC2CC2)CC1. The number of nitrogens with zero attached hydrogens (tertiary/aromatic N) is 3. The van der Waals surface area contributed by atoms with Crippen molar-refractivity contribution in [2.24, 2.45) is 0 Å². The van der Waals surface area contributed by atoms with E-state index in [1.54, 1.807) is 0 Å². The van der Waals surface area contributed by atoms with Gasteiger partial charge in [-0.25, -0.2) is 4.79 Å². The molecule has 0 unspecified atom stereocenters. The zero-order valence-corrected chi connectivity index (χ0v) is 27.8. The standard InChI is InChI=1S/C36H49N5O7/c1-23-10-11-24(7-5-6-17-38-35(47)41(2)21-30(43)33(45)34(46)31(44)22-42)40-29(23)20-39-36(15-16-36)28-19-37-18-14-26(28)27-8-3-4-9-32(27)48-25-12-13-25/h3-4,8-11,14,18-19,25,30-31,33-34,39,42-46H,5-7,12-13,15-17,20-22H2,1-2H3,(H,38,47)/t30-,31+,33+,34+/m0/s1. The number of hydrogen-bond acceptors (Lipinski definition) is 10. The van der Waals surface area contributed by atoms with Crippen molar-refractivity contribution in [3.8, 4) is 16.9 Å². The van der Waals surface area contributed by atoms with Gasteiger partial charge in [-0.2, -0.15) is 0 Å². The first kappa shape index (κ1) is 35.7. The molecule has 0 saturated heterocycles. The summed E-state index contributed by atoms with van der Waals surface area (Å²) in [4.78, 5) is 23.1. The molecule has 3 aromatic rings. The van der Waals surface area contributed by atoms with Crippen LogP contribution in [0, 0.1) is 6.92 Å². The Morgan fingerprint density at radius 3 is 2.50 bits per heavy atom. The fourth-order valence-electron chi connectivity index (χ4n) is 5.82. The minimum Gasteiger partial charge on any atom is -0.490 e. The Kier molecular flexibility index (Phi) is 12.0. The van der Waals surface area contributed by atoms with Crippen molar-refractivity contribution < 1.29 is 35.1 Å². The molecular weight excluding hydrogens is 614 g/mol. The van der Waals surface area contributed by atoms with E-state index in [1.165, 1.54) is 17.5 Å². The molecule has 2 saturated carbocycles. The van der Waals surface area contributed by atoms with E-state index in [0.29, 0.717) is 25.6 Å². The maximum Gasteiger partial charge on any atom is 0.317 e. The predicted octanol–water partition coefficient (Wildman–Crippen LogP) is 2.17. The molecule has 2 aliphatic rings. The second kappa shape index (κ2) is 16.2. The lowest BCUT2D eigenvalue weighted by molar-refractivity contribution is -0.117. The van der Waals surface area contributed by atoms with Crippen LogP contribution in [0.15, 0.2) is 54.9 Å². The molecule has 2 heterocycles. The number of para-hydroxylation sites is 1. The number of carbonyl (C=O) groups is 1. The summed E-state index contributed by atoms with van der Waals surface area (Å²) in [6.07, 6.45) is 4.12. The van der Waals surface area contributed by atoms with Crippen molar-refractivity contribution in [1.29, 1.82) is 0 Å². The van der Waals surface area contributed by atoms with Gasteiger partial charge in [0.25, 0.3) is 0 Å². The molecule has 260 valence electrons. The van der Waals surface area contributed by atoms with E-state index in [2.05, 4.69) is 52.9 Å². The zero-order chi connectivity index (χ0) is 34.3. The van der Waals surface area contributed by atoms with E-state index in [9.17, 15) is 25.2 Å². The summed E-state index contributed by atoms with van der Waals surface area (Å²) >= 11 is 0. The first-order valence-electron chi connectivity index (χ1n) is 16.8. The molecule has 2 aliphatic carbocycles. The maximum absolute atomic E-state index is 12.4. The minimum absolute atomic E-state index is 0.166. The Morgan fingerprint density at radius 1 is 1.02 bits per heavy atom. The lowest BCUT2D eigenvalue weighted by Gasteiger charge is -2.28. The molecular formula is C36H49N5O7. The van der Waals surface area contributed by atoms with Gasteiger partial charge < -0.3 is 45.8 Å². The molecule has 0 bridgehead atoms. The molecule has 48 heavy (non-hydrogen) atoms. The highest BCUT2D eigenvalue weighted by molar-refractivity contribution is 5.75. The Hall–Kier alpha value is -3.65. The van der Waals surface area contributed by atoms with Crippen molar-refractivity contribution in [2.75, 3.05) is 26.7 Å². The molecule has 0 aliphatic heterocycles. The van der Waals surface area contributed by atoms with Crippen molar-refractivity contribution in [2.45, 2.75) is 94.5 Å². The average Bonchev–Trinajstić information content (AvgIpc) is 4.05. The number of unbranched alkanes of at least 4 members (excludes halogenated alkanes) is 1. The van der Waals surface area contributed by atoms with Gasteiger partial charge in [0, 0.05) is 49.3 Å². The fraction of sp³-hybridized carbons (Fsp3) is 0.528. The van der Waals surface area contributed by atoms with E-state index in [1.807, 2.05) is 24.5 Å². The number of urea groups is 1. The summed E-state index contributed by atoms with van der Waals surface area (Å²) in [7, 11) is 1.45. The number of nitrogens with one attached hydrogen (secondary N) is 2. The van der Waals surface area contributed by atoms with Gasteiger partial charge in [-0.3, -0.25) is 9.97 Å². The fourth-order valence-corrected chi connectivity index (χ4v) is 5.82. The van der Waals surface area contributed by atoms with Crippen LogP contribution in [0.3, 0.4) is 0 Å². The first-order valence-corrected chi connectivity index (χ1v) is 16.8. The van der Waals surface area contributed by atoms with Crippen LogP contribution in [0.5, 0.6) is 5.75 Å². The van der Waals surface area contributed by atoms with Gasteiger partial charge in [0.1, 0.15) is 30.2 Å². The number of aryl methyl sites for hydroxylation is 2. The first-order chi connectivity index (χ1) is 23.1. The van der Waals surface area contributed by atoms with Gasteiger partial charge in [-0.05, 0) is 86.8 Å². The summed E-state index contributed by atoms with van der Waals surface area (Å²) < 4.78 is 6.25. The van der Waals surface area contributed by atoms with Gasteiger partial charge in [-0.1, -0.05) is 24.3 Å². The highest BCUT2D eigenvalue weighted by Crippen LogP contribution is 2.50. The highest BCUT2D eigenvalue weighted by atomic mass is 16.5. The number of aliphatic hydroxyl groups is 5. The van der Waals surface area contributed by atoms with E-state index < -0.39 is 37.1 Å². The van der Waals surface area contributed by atoms with Crippen LogP contribution in [-0.4, -0.2) is 104 Å². The number of aromatic nitrogens is 2. The number of carbonyl (C=O) groups excluding carboxylic acids is 1. The van der Waals surface area contributed by atoms with Gasteiger partial charge in [0.2, 0.25) is 0 Å². The number of amides is 2. The van der Waals surface area contributed by atoms with E-state index in [4.69, 9.17) is 14.8 Å². The average molecular weight is 664 g/mol. The lowest BCUT2D eigenvalue weighted by Crippen LogP contribution is -2.51. The number of ether oxygens (including phenoxy) is 1. The number of aliphatic hydroxyl groups excluding tert-OH is 5. The highest BCUT2D eigenvalue weighted by Gasteiger charge is 2.46. The van der Waals surface area contributed by atoms with Crippen LogP contribution in [0.1, 0.15) is 61.0 Å². The molecule has 1 aromatic carbocycles. The van der Waals surface area contributed by atoms with Crippen LogP contribution in [0.25, 0.3) is 11.1 Å². The van der Waals surface area contributed by atoms with Crippen LogP contribution in [0.4, 0.5) is 4.79 Å². The van der Waals surface area contributed by atoms with Crippen molar-refractivity contribution in [1.82, 2.24) is 25.5 Å². The molecule has 12 heteroatoms. The normalized spacial score (nSPS) is 17.6. The Bertz CT molecular complexity index is 1520. The topological polar surface area (TPSA) is 181 Å². The molecule has 5 rings (SSSR count). The molecule has 4 atom stereocenters. The van der Waals surface area contributed by atoms with Crippen molar-refractivity contribution in [3.63, 3.8) is 0 Å². The molecule has 0 radical (unpaired) electrons. The lowest BCUT2D eigenvalue weighted by atomic mass is 9.94. The van der Waals surface area contributed by atoms with Crippen LogP contribution < -0.4 is 15.4 Å². The Morgan fingerprint density at radius 2 is 1.77 bits per heavy atom. The summed E-state index contributed by atoms with van der Waals surface area (Å²) in [5.74, 6) is 0.922. The van der Waals surface area contributed by atoms with E-state index in [-0.39, 0.29) is 12.1 Å². The summed E-state index contributed by atoms with van der Waals surface area (Å²) in [5.41, 5.74) is 6.38. The number of rotatable bonds is 18. The third-order valence-electron chi connectivity index (χ3n) is 9.20. The second-order valence-electron chi connectivity index (χ2n) is 13.1. The zero-order valence-electron chi connectivity index (χ0n) is 27.8. The third-order valence-corrected chi connectivity index (χ3v) is 9.20. The molecule has 7 N–H and O–H groups in total. The van der Waals surface area contributed by atoms with Crippen LogP contribution >= 0.6 is 0 Å². The quantitative estimate of drug-likeness (QED) is 0.0998. The minimum atomic E-state index is -1.74. The summed E-state index contributed by atoms with van der Waals surface area (Å²) in [5, 5.41) is 54.9. The van der Waals surface area contributed by atoms with E-state index >= 15 is 0 Å². The van der Waals surface area contributed by atoms with Crippen molar-refractivity contribution >= 4 is 6.03 Å².